The molecule has 2 bridgehead atoms. The van der Waals surface area contributed by atoms with Crippen LogP contribution in [0.2, 0.25) is 5.02 Å². The predicted molar refractivity (Wildman–Crippen MR) is 163 cm³/mol. The van der Waals surface area contributed by atoms with E-state index in [-0.39, 0.29) is 40.6 Å². The van der Waals surface area contributed by atoms with Gasteiger partial charge in [0.15, 0.2) is 27.3 Å². The maximum atomic E-state index is 13.8. The number of amides is 2. The van der Waals surface area contributed by atoms with Gasteiger partial charge in [-0.3, -0.25) is 9.59 Å². The molecule has 4 N–H and O–H groups in total. The molecule has 3 atom stereocenters. The molecule has 0 spiro atoms. The number of nitrogens with one attached hydrogen (secondary N) is 3. The molecule has 2 aliphatic carbocycles. The normalized spacial score (nSPS) is 23.4. The molecule has 5 rings (SSSR count). The first-order valence-corrected chi connectivity index (χ1v) is 16.5. The van der Waals surface area contributed by atoms with Crippen molar-refractivity contribution in [3.05, 3.63) is 94.3 Å². The third-order valence-electron chi connectivity index (χ3n) is 8.83. The smallest absolute Gasteiger partial charge is 0.255 e. The Balaban J connectivity index is 1.27. The number of rotatable bonds is 10. The Morgan fingerprint density at radius 1 is 0.978 bits per heavy atom. The molecular formula is C31H30Cl2F3N3O5S. The number of anilines is 1. The van der Waals surface area contributed by atoms with Crippen LogP contribution in [0.4, 0.5) is 18.9 Å². The van der Waals surface area contributed by atoms with Crippen molar-refractivity contribution in [1.82, 2.24) is 10.2 Å². The van der Waals surface area contributed by atoms with E-state index in [4.69, 9.17) is 23.4 Å². The van der Waals surface area contributed by atoms with E-state index < -0.39 is 67.8 Å². The molecule has 8 nitrogen and oxygen atoms in total. The van der Waals surface area contributed by atoms with Crippen molar-refractivity contribution in [2.75, 3.05) is 11.9 Å². The molecule has 2 fully saturated rings. The van der Waals surface area contributed by atoms with Gasteiger partial charge in [0.05, 0.1) is 20.8 Å². The molecule has 240 valence electrons. The van der Waals surface area contributed by atoms with E-state index in [1.54, 1.807) is 0 Å². The minimum atomic E-state index is -4.11. The topological polar surface area (TPSA) is 125 Å². The van der Waals surface area contributed by atoms with Crippen LogP contribution in [0.15, 0.2) is 65.6 Å². The summed E-state index contributed by atoms with van der Waals surface area (Å²) in [6.45, 7) is -0.0707. The summed E-state index contributed by atoms with van der Waals surface area (Å²) >= 11 is 12.1. The average molecular weight is 685 g/mol. The lowest BCUT2D eigenvalue weighted by molar-refractivity contribution is -0.125. The van der Waals surface area contributed by atoms with Crippen molar-refractivity contribution in [3.63, 3.8) is 0 Å². The molecule has 2 unspecified atom stereocenters. The molecule has 2 amide bonds. The first-order chi connectivity index (χ1) is 21.3. The lowest BCUT2D eigenvalue weighted by atomic mass is 9.74. The van der Waals surface area contributed by atoms with E-state index in [0.717, 1.165) is 11.6 Å². The third-order valence-corrected chi connectivity index (χ3v) is 11.7. The molecule has 0 saturated heterocycles. The summed E-state index contributed by atoms with van der Waals surface area (Å²) in [4.78, 5) is 27.9. The minimum Gasteiger partial charge on any atom is -0.387 e. The van der Waals surface area contributed by atoms with Gasteiger partial charge < -0.3 is 15.7 Å². The highest BCUT2D eigenvalue weighted by molar-refractivity contribution is 7.92. The van der Waals surface area contributed by atoms with E-state index in [1.807, 2.05) is 30.3 Å². The van der Waals surface area contributed by atoms with Gasteiger partial charge in [-0.15, -0.1) is 0 Å². The SMILES string of the molecule is O=C(Nc1cc(F)c(F)c(F)c1)c1ccc(Cl)c(S(=O)(=O)C2CC3CCC(C2)C3(O)CNC(=O)[C@H](Cc2ccccc2)NCl)c1. The Kier molecular flexibility index (Phi) is 9.81. The van der Waals surface area contributed by atoms with Gasteiger partial charge >= 0.3 is 0 Å². The van der Waals surface area contributed by atoms with Crippen LogP contribution in [0.5, 0.6) is 0 Å². The second-order valence-electron chi connectivity index (χ2n) is 11.5. The van der Waals surface area contributed by atoms with Gasteiger partial charge in [0.2, 0.25) is 5.91 Å². The molecule has 2 saturated carbocycles. The summed E-state index contributed by atoms with van der Waals surface area (Å²) in [5, 5.41) is 15.6. The lowest BCUT2D eigenvalue weighted by Crippen LogP contribution is -2.56. The predicted octanol–water partition coefficient (Wildman–Crippen LogP) is 5.17. The zero-order valence-electron chi connectivity index (χ0n) is 23.7. The highest BCUT2D eigenvalue weighted by atomic mass is 35.5. The van der Waals surface area contributed by atoms with E-state index >= 15 is 0 Å². The molecule has 2 aliphatic rings. The number of carbonyl (C=O) groups excluding carboxylic acids is 2. The molecule has 0 heterocycles. The number of aliphatic hydroxyl groups is 1. The third kappa shape index (κ3) is 6.85. The fourth-order valence-corrected chi connectivity index (χ4v) is 8.99. The number of carbonyl (C=O) groups is 2. The lowest BCUT2D eigenvalue weighted by Gasteiger charge is -2.42. The molecule has 3 aromatic carbocycles. The Morgan fingerprint density at radius 3 is 2.20 bits per heavy atom. The second-order valence-corrected chi connectivity index (χ2v) is 14.3. The fraction of sp³-hybridized carbons (Fsp3) is 0.355. The summed E-state index contributed by atoms with van der Waals surface area (Å²) < 4.78 is 68.2. The van der Waals surface area contributed by atoms with Crippen LogP contribution in [0.3, 0.4) is 0 Å². The Labute approximate surface area is 268 Å². The maximum Gasteiger partial charge on any atom is 0.255 e. The van der Waals surface area contributed by atoms with Gasteiger partial charge in [-0.1, -0.05) is 41.9 Å². The number of fused-ring (bicyclic) bond motifs is 2. The molecule has 14 heteroatoms. The first-order valence-electron chi connectivity index (χ1n) is 14.2. The summed E-state index contributed by atoms with van der Waals surface area (Å²) in [6.07, 6.45) is 1.66. The largest absolute Gasteiger partial charge is 0.387 e. The zero-order valence-corrected chi connectivity index (χ0v) is 26.0. The van der Waals surface area contributed by atoms with Crippen molar-refractivity contribution in [1.29, 1.82) is 0 Å². The Morgan fingerprint density at radius 2 is 1.60 bits per heavy atom. The highest BCUT2D eigenvalue weighted by Crippen LogP contribution is 2.52. The molecule has 45 heavy (non-hydrogen) atoms. The molecular weight excluding hydrogens is 654 g/mol. The van der Waals surface area contributed by atoms with Crippen LogP contribution in [0.1, 0.15) is 41.6 Å². The van der Waals surface area contributed by atoms with Gasteiger partial charge in [-0.05, 0) is 79.5 Å². The second kappa shape index (κ2) is 13.3. The number of hydrogen-bond acceptors (Lipinski definition) is 6. The zero-order chi connectivity index (χ0) is 32.5. The summed E-state index contributed by atoms with van der Waals surface area (Å²) in [5.74, 6) is -6.84. The average Bonchev–Trinajstić information content (AvgIpc) is 3.16. The fourth-order valence-electron chi connectivity index (χ4n) is 6.41. The number of sulfone groups is 1. The monoisotopic (exact) mass is 683 g/mol. The van der Waals surface area contributed by atoms with E-state index in [1.165, 1.54) is 12.1 Å². The van der Waals surface area contributed by atoms with Crippen LogP contribution in [-0.4, -0.2) is 48.8 Å². The first kappa shape index (κ1) is 33.2. The quantitative estimate of drug-likeness (QED) is 0.173. The van der Waals surface area contributed by atoms with Crippen molar-refractivity contribution < 1.29 is 36.3 Å². The number of benzene rings is 3. The summed E-state index contributed by atoms with van der Waals surface area (Å²) in [7, 11) is -4.11. The minimum absolute atomic E-state index is 0.0707. The van der Waals surface area contributed by atoms with E-state index in [2.05, 4.69) is 15.5 Å². The highest BCUT2D eigenvalue weighted by Gasteiger charge is 2.55. The van der Waals surface area contributed by atoms with Gasteiger partial charge in [0.25, 0.3) is 5.91 Å². The van der Waals surface area contributed by atoms with Gasteiger partial charge in [-0.25, -0.2) is 26.4 Å². The van der Waals surface area contributed by atoms with E-state index in [9.17, 15) is 36.3 Å². The number of halogens is 5. The van der Waals surface area contributed by atoms with Crippen LogP contribution < -0.4 is 15.5 Å². The molecule has 0 radical (unpaired) electrons. The Bertz CT molecular complexity index is 1680. The molecule has 3 aromatic rings. The van der Waals surface area contributed by atoms with Crippen molar-refractivity contribution in [2.24, 2.45) is 11.8 Å². The van der Waals surface area contributed by atoms with Crippen LogP contribution >= 0.6 is 23.4 Å². The number of hydrogen-bond donors (Lipinski definition) is 4. The Hall–Kier alpha value is -3.16. The van der Waals surface area contributed by atoms with E-state index in [0.29, 0.717) is 31.4 Å². The van der Waals surface area contributed by atoms with Crippen molar-refractivity contribution in [3.8, 4) is 0 Å². The van der Waals surface area contributed by atoms with Gasteiger partial charge in [0, 0.05) is 29.9 Å². The molecule has 0 aliphatic heterocycles. The maximum absolute atomic E-state index is 13.8. The standard InChI is InChI=1S/C31H30Cl2F3N3O5S/c32-23-9-6-18(29(40)38-21-14-24(34)28(36)25(35)15-21)11-27(23)45(43,44)22-12-19-7-8-20(13-22)31(19,42)16-37-30(41)26(39-33)10-17-4-2-1-3-5-17/h1-6,9,11,14-15,19-20,22,26,39,42H,7-8,10,12-13,16H2,(H,37,41)(H,38,40)/t19?,20?,22?,26-,31?/m0/s1. The van der Waals surface area contributed by atoms with Crippen molar-refractivity contribution in [2.45, 2.75) is 53.9 Å². The summed E-state index contributed by atoms with van der Waals surface area (Å²) in [5.41, 5.74) is -0.941. The van der Waals surface area contributed by atoms with Crippen LogP contribution in [0.25, 0.3) is 0 Å². The van der Waals surface area contributed by atoms with Crippen molar-refractivity contribution >= 4 is 50.7 Å². The summed E-state index contributed by atoms with van der Waals surface area (Å²) in [6, 6.07) is 13.3. The van der Waals surface area contributed by atoms with Crippen LogP contribution in [-0.2, 0) is 21.1 Å². The van der Waals surface area contributed by atoms with Gasteiger partial charge in [-0.2, -0.15) is 0 Å². The molecule has 0 aromatic heterocycles. The van der Waals surface area contributed by atoms with Gasteiger partial charge in [0.1, 0.15) is 6.04 Å². The van der Waals surface area contributed by atoms with Crippen LogP contribution in [0, 0.1) is 29.3 Å².